The number of anilines is 1. The van der Waals surface area contributed by atoms with Crippen LogP contribution in [0.4, 0.5) is 15.4 Å². The second-order valence-electron chi connectivity index (χ2n) is 11.7. The van der Waals surface area contributed by atoms with Crippen molar-refractivity contribution in [3.63, 3.8) is 0 Å². The lowest BCUT2D eigenvalue weighted by molar-refractivity contribution is 0.0767. The Morgan fingerprint density at radius 2 is 1.93 bits per heavy atom. The van der Waals surface area contributed by atoms with Gasteiger partial charge in [0.25, 0.3) is 0 Å². The smallest absolute Gasteiger partial charge is 0.410 e. The summed E-state index contributed by atoms with van der Waals surface area (Å²) < 4.78 is 11.8. The molecular formula is C30H37N7O5. The topological polar surface area (TPSA) is 135 Å². The molecule has 1 aromatic heterocycles. The molecule has 3 aliphatic heterocycles. The average Bonchev–Trinajstić information content (AvgIpc) is 3.58. The first kappa shape index (κ1) is 28.0. The van der Waals surface area contributed by atoms with Crippen LogP contribution in [0.25, 0.3) is 0 Å². The van der Waals surface area contributed by atoms with Crippen LogP contribution in [0.5, 0.6) is 6.01 Å². The van der Waals surface area contributed by atoms with Gasteiger partial charge in [-0.15, -0.1) is 0 Å². The summed E-state index contributed by atoms with van der Waals surface area (Å²) in [6, 6.07) is 11.6. The molecule has 3 fully saturated rings. The van der Waals surface area contributed by atoms with E-state index in [0.717, 1.165) is 42.8 Å². The van der Waals surface area contributed by atoms with E-state index in [2.05, 4.69) is 22.9 Å². The number of hydrogen-bond acceptors (Lipinski definition) is 9. The van der Waals surface area contributed by atoms with Crippen LogP contribution in [0.2, 0.25) is 0 Å². The fraction of sp³-hybridized carbons (Fsp3) is 0.567. The van der Waals surface area contributed by atoms with Gasteiger partial charge in [0.1, 0.15) is 19.0 Å². The number of ether oxygens (including phenoxy) is 2. The molecule has 0 radical (unpaired) electrons. The van der Waals surface area contributed by atoms with Gasteiger partial charge in [-0.25, -0.2) is 9.59 Å². The van der Waals surface area contributed by atoms with E-state index in [-0.39, 0.29) is 43.1 Å². The van der Waals surface area contributed by atoms with Crippen molar-refractivity contribution in [3.05, 3.63) is 47.2 Å². The summed E-state index contributed by atoms with van der Waals surface area (Å²) in [5.41, 5.74) is 2.56. The van der Waals surface area contributed by atoms with Gasteiger partial charge in [0.05, 0.1) is 30.3 Å². The van der Waals surface area contributed by atoms with E-state index in [1.807, 2.05) is 30.3 Å². The molecule has 4 atom stereocenters. The summed E-state index contributed by atoms with van der Waals surface area (Å²) in [7, 11) is 2.09. The van der Waals surface area contributed by atoms with Crippen molar-refractivity contribution in [1.29, 1.82) is 5.26 Å². The fourth-order valence-electron chi connectivity index (χ4n) is 6.83. The molecule has 2 amide bonds. The van der Waals surface area contributed by atoms with Gasteiger partial charge in [-0.1, -0.05) is 30.3 Å². The summed E-state index contributed by atoms with van der Waals surface area (Å²) in [4.78, 5) is 42.4. The molecular weight excluding hydrogens is 538 g/mol. The van der Waals surface area contributed by atoms with Crippen molar-refractivity contribution in [2.75, 3.05) is 51.3 Å². The van der Waals surface area contributed by atoms with Gasteiger partial charge in [0.2, 0.25) is 0 Å². The highest BCUT2D eigenvalue weighted by molar-refractivity contribution is 5.69. The third kappa shape index (κ3) is 5.66. The molecule has 6 rings (SSSR count). The second kappa shape index (κ2) is 12.0. The summed E-state index contributed by atoms with van der Waals surface area (Å²) in [5.74, 6) is 0.918. The largest absolute Gasteiger partial charge is 0.465 e. The Morgan fingerprint density at radius 1 is 1.10 bits per heavy atom. The zero-order valence-electron chi connectivity index (χ0n) is 23.9. The number of carboxylic acid groups (broad SMARTS) is 1. The summed E-state index contributed by atoms with van der Waals surface area (Å²) in [6.45, 7) is 3.39. The minimum Gasteiger partial charge on any atom is -0.465 e. The van der Waals surface area contributed by atoms with Crippen LogP contribution >= 0.6 is 0 Å². The molecule has 1 N–H and O–H groups in total. The van der Waals surface area contributed by atoms with Crippen LogP contribution in [-0.2, 0) is 17.8 Å². The Labute approximate surface area is 245 Å². The molecule has 4 heterocycles. The van der Waals surface area contributed by atoms with Gasteiger partial charge in [-0.05, 0) is 50.8 Å². The number of fused-ring (bicyclic) bond motifs is 4. The van der Waals surface area contributed by atoms with E-state index in [4.69, 9.17) is 19.4 Å². The summed E-state index contributed by atoms with van der Waals surface area (Å²) in [6.07, 6.45) is 2.35. The van der Waals surface area contributed by atoms with Gasteiger partial charge >= 0.3 is 18.2 Å². The number of carbonyl (C=O) groups is 2. The fourth-order valence-corrected chi connectivity index (χ4v) is 6.83. The molecule has 2 aromatic rings. The van der Waals surface area contributed by atoms with Gasteiger partial charge in [-0.2, -0.15) is 15.2 Å². The molecule has 0 saturated carbocycles. The number of benzene rings is 1. The van der Waals surface area contributed by atoms with E-state index < -0.39 is 12.2 Å². The van der Waals surface area contributed by atoms with Crippen molar-refractivity contribution >= 4 is 18.0 Å². The number of likely N-dealkylation sites (N-methyl/N-ethyl adjacent to an activating group) is 1. The predicted octanol–water partition coefficient (Wildman–Crippen LogP) is 3.29. The Kier molecular flexibility index (Phi) is 8.02. The predicted molar refractivity (Wildman–Crippen MR) is 152 cm³/mol. The Morgan fingerprint density at radius 3 is 2.67 bits per heavy atom. The van der Waals surface area contributed by atoms with E-state index in [1.165, 1.54) is 4.90 Å². The number of nitrogens with zero attached hydrogens (tertiary/aromatic N) is 7. The number of rotatable bonds is 7. The highest BCUT2D eigenvalue weighted by atomic mass is 16.6. The average molecular weight is 576 g/mol. The molecule has 2 bridgehead atoms. The molecule has 1 aliphatic carbocycles. The van der Waals surface area contributed by atoms with E-state index in [9.17, 15) is 20.0 Å². The van der Waals surface area contributed by atoms with Crippen LogP contribution in [0.3, 0.4) is 0 Å². The first-order chi connectivity index (χ1) is 20.4. The molecule has 0 spiro atoms. The maximum Gasteiger partial charge on any atom is 0.410 e. The van der Waals surface area contributed by atoms with Crippen LogP contribution in [-0.4, -0.2) is 100 Å². The van der Waals surface area contributed by atoms with E-state index in [0.29, 0.717) is 44.9 Å². The van der Waals surface area contributed by atoms with Crippen molar-refractivity contribution in [1.82, 2.24) is 24.7 Å². The Bertz CT molecular complexity index is 1350. The zero-order chi connectivity index (χ0) is 29.2. The van der Waals surface area contributed by atoms with Gasteiger partial charge in [-0.3, -0.25) is 4.90 Å². The quantitative estimate of drug-likeness (QED) is 0.524. The number of likely N-dealkylation sites (tertiary alicyclic amines) is 2. The highest BCUT2D eigenvalue weighted by Crippen LogP contribution is 2.46. The summed E-state index contributed by atoms with van der Waals surface area (Å²) >= 11 is 0. The minimum atomic E-state index is -0.942. The number of nitriles is 1. The van der Waals surface area contributed by atoms with Gasteiger partial charge in [0, 0.05) is 37.8 Å². The van der Waals surface area contributed by atoms with Crippen molar-refractivity contribution in [2.45, 2.75) is 56.8 Å². The first-order valence-corrected chi connectivity index (χ1v) is 14.7. The molecule has 3 saturated heterocycles. The normalized spacial score (nSPS) is 25.2. The lowest BCUT2D eigenvalue weighted by Crippen LogP contribution is -2.55. The summed E-state index contributed by atoms with van der Waals surface area (Å²) in [5, 5.41) is 19.5. The number of carbonyl (C=O) groups excluding carboxylic acids is 1. The SMILES string of the molecule is CN1CCCC1COc1nc2c(c(N3CCN(C(=O)OCc4ccccc4)C(CC#N)C3)n1)C[C@H]1C[C@@H]2N(C(=O)O)C1. The second-order valence-corrected chi connectivity index (χ2v) is 11.7. The molecule has 222 valence electrons. The van der Waals surface area contributed by atoms with E-state index in [1.54, 1.807) is 4.90 Å². The Hall–Kier alpha value is -4.11. The molecule has 12 heteroatoms. The molecule has 12 nitrogen and oxygen atoms in total. The molecule has 42 heavy (non-hydrogen) atoms. The maximum atomic E-state index is 13.1. The lowest BCUT2D eigenvalue weighted by atomic mass is 9.87. The van der Waals surface area contributed by atoms with Gasteiger partial charge < -0.3 is 29.3 Å². The number of amides is 2. The maximum absolute atomic E-state index is 13.1. The lowest BCUT2D eigenvalue weighted by Gasteiger charge is -2.41. The third-order valence-electron chi connectivity index (χ3n) is 9.06. The third-order valence-corrected chi connectivity index (χ3v) is 9.06. The van der Waals surface area contributed by atoms with Crippen LogP contribution < -0.4 is 9.64 Å². The zero-order valence-corrected chi connectivity index (χ0v) is 23.9. The van der Waals surface area contributed by atoms with Crippen molar-refractivity contribution < 1.29 is 24.2 Å². The molecule has 4 aliphatic rings. The number of aromatic nitrogens is 2. The Balaban J connectivity index is 1.25. The van der Waals surface area contributed by atoms with Gasteiger partial charge in [0.15, 0.2) is 0 Å². The first-order valence-electron chi connectivity index (χ1n) is 14.7. The minimum absolute atomic E-state index is 0.152. The van der Waals surface area contributed by atoms with Crippen LogP contribution in [0.1, 0.15) is 48.5 Å². The van der Waals surface area contributed by atoms with Crippen LogP contribution in [0.15, 0.2) is 30.3 Å². The standard InChI is InChI=1S/C30H37N7O5/c1-34-11-5-8-23(34)19-41-28-32-26-24(14-21-15-25(26)37(16-21)29(38)39)27(33-28)35-12-13-36(22(17-35)9-10-31)30(40)42-18-20-6-3-2-4-7-20/h2-4,6-7,21-23,25H,5,8-9,11-19H2,1H3,(H,38,39)/t21-,22?,23?,25-/m0/s1. The van der Waals surface area contributed by atoms with Crippen molar-refractivity contribution in [2.24, 2.45) is 5.92 Å². The van der Waals surface area contributed by atoms with Crippen molar-refractivity contribution in [3.8, 4) is 12.1 Å². The molecule has 1 aromatic carbocycles. The number of piperazine rings is 1. The highest BCUT2D eigenvalue weighted by Gasteiger charge is 2.45. The monoisotopic (exact) mass is 575 g/mol. The molecule has 2 unspecified atom stereocenters. The van der Waals surface area contributed by atoms with E-state index >= 15 is 0 Å². The van der Waals surface area contributed by atoms with Crippen LogP contribution in [0, 0.1) is 17.2 Å². The number of hydrogen-bond donors (Lipinski definition) is 1.